The van der Waals surface area contributed by atoms with Crippen LogP contribution in [0.5, 0.6) is 11.5 Å². The summed E-state index contributed by atoms with van der Waals surface area (Å²) in [7, 11) is -3.38. The van der Waals surface area contributed by atoms with Crippen molar-refractivity contribution < 1.29 is 13.2 Å². The van der Waals surface area contributed by atoms with Gasteiger partial charge >= 0.3 is 0 Å². The minimum absolute atomic E-state index is 0.193. The number of halogens is 1. The summed E-state index contributed by atoms with van der Waals surface area (Å²) in [5.74, 6) is 1.29. The molecule has 0 radical (unpaired) electrons. The first-order chi connectivity index (χ1) is 9.01. The predicted molar refractivity (Wildman–Crippen MR) is 75.6 cm³/mol. The lowest BCUT2D eigenvalue weighted by Crippen LogP contribution is -2.01. The molecule has 0 saturated carbocycles. The fourth-order valence-electron chi connectivity index (χ4n) is 1.52. The quantitative estimate of drug-likeness (QED) is 0.807. The van der Waals surface area contributed by atoms with Gasteiger partial charge in [-0.2, -0.15) is 0 Å². The van der Waals surface area contributed by atoms with E-state index in [1.807, 2.05) is 31.2 Å². The fourth-order valence-corrected chi connectivity index (χ4v) is 2.58. The number of aryl methyl sites for hydroxylation is 1. The molecule has 0 aliphatic carbocycles. The summed E-state index contributed by atoms with van der Waals surface area (Å²) in [6.45, 7) is 2.00. The molecule has 0 fully saturated rings. The number of sulfone groups is 1. The molecule has 0 atom stereocenters. The minimum atomic E-state index is -3.38. The number of rotatable bonds is 4. The van der Waals surface area contributed by atoms with Crippen molar-refractivity contribution in [1.82, 2.24) is 0 Å². The van der Waals surface area contributed by atoms with Gasteiger partial charge in [0, 0.05) is 0 Å². The van der Waals surface area contributed by atoms with Crippen molar-refractivity contribution in [2.75, 3.05) is 5.21 Å². The van der Waals surface area contributed by atoms with E-state index in [-0.39, 0.29) is 4.90 Å². The lowest BCUT2D eigenvalue weighted by Gasteiger charge is -2.07. The van der Waals surface area contributed by atoms with Gasteiger partial charge in [0.15, 0.2) is 9.84 Å². The number of hydrogen-bond donors (Lipinski definition) is 0. The van der Waals surface area contributed by atoms with Crippen molar-refractivity contribution in [3.05, 3.63) is 54.1 Å². The Morgan fingerprint density at radius 1 is 0.947 bits per heavy atom. The van der Waals surface area contributed by atoms with Crippen molar-refractivity contribution in [3.8, 4) is 11.5 Å². The molecule has 0 bridgehead atoms. The predicted octanol–water partition coefficient (Wildman–Crippen LogP) is 3.76. The van der Waals surface area contributed by atoms with Gasteiger partial charge in [0.1, 0.15) is 16.7 Å². The standard InChI is InChI=1S/C14H13ClO3S/c1-11-2-4-12(5-3-11)18-13-6-8-14(9-7-13)19(16,17)10-15/h2-9H,10H2,1H3. The zero-order chi connectivity index (χ0) is 13.9. The van der Waals surface area contributed by atoms with E-state index in [1.54, 1.807) is 12.1 Å². The molecule has 5 heteroatoms. The van der Waals surface area contributed by atoms with E-state index in [4.69, 9.17) is 16.3 Å². The second-order valence-corrected chi connectivity index (χ2v) is 6.68. The third-order valence-electron chi connectivity index (χ3n) is 2.58. The maximum absolute atomic E-state index is 11.5. The lowest BCUT2D eigenvalue weighted by molar-refractivity contribution is 0.482. The molecule has 0 aromatic heterocycles. The van der Waals surface area contributed by atoms with Gasteiger partial charge in [-0.3, -0.25) is 0 Å². The van der Waals surface area contributed by atoms with E-state index < -0.39 is 15.0 Å². The average molecular weight is 297 g/mol. The van der Waals surface area contributed by atoms with Crippen LogP contribution in [0.2, 0.25) is 0 Å². The minimum Gasteiger partial charge on any atom is -0.457 e. The summed E-state index contributed by atoms with van der Waals surface area (Å²) in [5.41, 5.74) is 1.15. The summed E-state index contributed by atoms with van der Waals surface area (Å²) in [6.07, 6.45) is 0. The van der Waals surface area contributed by atoms with Crippen LogP contribution in [0.4, 0.5) is 0 Å². The molecule has 19 heavy (non-hydrogen) atoms. The first-order valence-electron chi connectivity index (χ1n) is 5.64. The van der Waals surface area contributed by atoms with Gasteiger partial charge in [-0.15, -0.1) is 11.6 Å². The summed E-state index contributed by atoms with van der Waals surface area (Å²) in [4.78, 5) is 0.193. The molecule has 0 heterocycles. The summed E-state index contributed by atoms with van der Waals surface area (Å²) in [5, 5.41) is -0.425. The van der Waals surface area contributed by atoms with Crippen LogP contribution < -0.4 is 4.74 Å². The SMILES string of the molecule is Cc1ccc(Oc2ccc(S(=O)(=O)CCl)cc2)cc1. The van der Waals surface area contributed by atoms with Gasteiger partial charge in [-0.05, 0) is 43.3 Å². The summed E-state index contributed by atoms with van der Waals surface area (Å²) in [6, 6.07) is 13.8. The van der Waals surface area contributed by atoms with Crippen LogP contribution in [0, 0.1) is 6.92 Å². The highest BCUT2D eigenvalue weighted by atomic mass is 35.5. The Balaban J connectivity index is 2.17. The molecule has 0 aliphatic rings. The molecule has 2 rings (SSSR count). The van der Waals surface area contributed by atoms with E-state index in [1.165, 1.54) is 12.1 Å². The van der Waals surface area contributed by atoms with Crippen LogP contribution in [0.25, 0.3) is 0 Å². The monoisotopic (exact) mass is 296 g/mol. The maximum atomic E-state index is 11.5. The van der Waals surface area contributed by atoms with Gasteiger partial charge < -0.3 is 4.74 Å². The normalized spacial score (nSPS) is 11.3. The van der Waals surface area contributed by atoms with E-state index >= 15 is 0 Å². The number of benzene rings is 2. The molecule has 3 nitrogen and oxygen atoms in total. The van der Waals surface area contributed by atoms with E-state index in [9.17, 15) is 8.42 Å². The topological polar surface area (TPSA) is 43.4 Å². The third kappa shape index (κ3) is 3.49. The second kappa shape index (κ2) is 5.63. The number of alkyl halides is 1. The molecule has 0 unspecified atom stereocenters. The molecular formula is C14H13ClO3S. The highest BCUT2D eigenvalue weighted by Crippen LogP contribution is 2.23. The first kappa shape index (κ1) is 13.9. The Hall–Kier alpha value is -1.52. The molecule has 2 aromatic rings. The Kier molecular flexibility index (Phi) is 4.12. The fraction of sp³-hybridized carbons (Fsp3) is 0.143. The van der Waals surface area contributed by atoms with Gasteiger partial charge in [0.2, 0.25) is 0 Å². The van der Waals surface area contributed by atoms with Crippen LogP contribution in [0.1, 0.15) is 5.56 Å². The van der Waals surface area contributed by atoms with Crippen molar-refractivity contribution in [2.24, 2.45) is 0 Å². The molecular weight excluding hydrogens is 284 g/mol. The molecule has 0 N–H and O–H groups in total. The van der Waals surface area contributed by atoms with Crippen molar-refractivity contribution in [3.63, 3.8) is 0 Å². The third-order valence-corrected chi connectivity index (χ3v) is 4.72. The smallest absolute Gasteiger partial charge is 0.192 e. The molecule has 0 amide bonds. The average Bonchev–Trinajstić information content (AvgIpc) is 2.42. The van der Waals surface area contributed by atoms with Crippen LogP contribution in [-0.2, 0) is 9.84 Å². The largest absolute Gasteiger partial charge is 0.457 e. The van der Waals surface area contributed by atoms with Crippen molar-refractivity contribution in [2.45, 2.75) is 11.8 Å². The van der Waals surface area contributed by atoms with Gasteiger partial charge in [0.25, 0.3) is 0 Å². The Labute approximate surface area is 117 Å². The second-order valence-electron chi connectivity index (χ2n) is 4.11. The van der Waals surface area contributed by atoms with Gasteiger partial charge in [-0.25, -0.2) is 8.42 Å². The van der Waals surface area contributed by atoms with E-state index in [0.717, 1.165) is 5.56 Å². The van der Waals surface area contributed by atoms with Gasteiger partial charge in [-0.1, -0.05) is 17.7 Å². The first-order valence-corrected chi connectivity index (χ1v) is 7.83. The Morgan fingerprint density at radius 3 is 1.89 bits per heavy atom. The zero-order valence-corrected chi connectivity index (χ0v) is 11.9. The van der Waals surface area contributed by atoms with Crippen molar-refractivity contribution in [1.29, 1.82) is 0 Å². The summed E-state index contributed by atoms with van der Waals surface area (Å²) < 4.78 is 28.7. The zero-order valence-electron chi connectivity index (χ0n) is 10.3. The maximum Gasteiger partial charge on any atom is 0.192 e. The Bertz CT molecular complexity index is 646. The van der Waals surface area contributed by atoms with Crippen LogP contribution in [-0.4, -0.2) is 13.6 Å². The molecule has 100 valence electrons. The van der Waals surface area contributed by atoms with Gasteiger partial charge in [0.05, 0.1) is 4.90 Å². The molecule has 0 saturated heterocycles. The summed E-state index contributed by atoms with van der Waals surface area (Å²) >= 11 is 5.39. The number of ether oxygens (including phenoxy) is 1. The van der Waals surface area contributed by atoms with Crippen LogP contribution in [0.15, 0.2) is 53.4 Å². The number of hydrogen-bond acceptors (Lipinski definition) is 3. The molecule has 0 aliphatic heterocycles. The van der Waals surface area contributed by atoms with E-state index in [0.29, 0.717) is 11.5 Å². The lowest BCUT2D eigenvalue weighted by atomic mass is 10.2. The van der Waals surface area contributed by atoms with Crippen LogP contribution >= 0.6 is 11.6 Å². The molecule has 0 spiro atoms. The van der Waals surface area contributed by atoms with E-state index in [2.05, 4.69) is 0 Å². The highest BCUT2D eigenvalue weighted by molar-refractivity contribution is 7.92. The van der Waals surface area contributed by atoms with Crippen molar-refractivity contribution >= 4 is 21.4 Å². The van der Waals surface area contributed by atoms with Crippen LogP contribution in [0.3, 0.4) is 0 Å². The molecule has 2 aromatic carbocycles. The Morgan fingerprint density at radius 2 is 1.42 bits per heavy atom. The highest BCUT2D eigenvalue weighted by Gasteiger charge is 2.12.